The van der Waals surface area contributed by atoms with Gasteiger partial charge in [-0.05, 0) is 17.7 Å². The molecule has 0 amide bonds. The quantitative estimate of drug-likeness (QED) is 0.811. The van der Waals surface area contributed by atoms with Crippen LogP contribution < -0.4 is 0 Å². The van der Waals surface area contributed by atoms with E-state index in [9.17, 15) is 4.79 Å². The second-order valence-corrected chi connectivity index (χ2v) is 5.07. The van der Waals surface area contributed by atoms with E-state index in [-0.39, 0.29) is 0 Å². The average Bonchev–Trinajstić information content (AvgIpc) is 2.38. The molecule has 0 aliphatic carbocycles. The van der Waals surface area contributed by atoms with Gasteiger partial charge < -0.3 is 9.84 Å². The van der Waals surface area contributed by atoms with Crippen molar-refractivity contribution >= 4 is 29.4 Å². The van der Waals surface area contributed by atoms with Gasteiger partial charge in [-0.25, -0.2) is 4.79 Å². The van der Waals surface area contributed by atoms with Gasteiger partial charge in [0.05, 0.1) is 0 Å². The molecule has 0 aromatic heterocycles. The maximum Gasteiger partial charge on any atom is 0.506 e. The molecule has 1 unspecified atom stereocenters. The van der Waals surface area contributed by atoms with Crippen LogP contribution in [0.4, 0.5) is 4.79 Å². The number of rotatable bonds is 4. The van der Waals surface area contributed by atoms with E-state index in [1.165, 1.54) is 0 Å². The highest BCUT2D eigenvalue weighted by Crippen LogP contribution is 2.30. The SMILES string of the molecule is O=C(O)OC(Cc1ccccc1)c1ccc(Cl)cc1Cl. The van der Waals surface area contributed by atoms with E-state index >= 15 is 0 Å². The van der Waals surface area contributed by atoms with E-state index in [0.29, 0.717) is 22.0 Å². The van der Waals surface area contributed by atoms with Gasteiger partial charge in [-0.15, -0.1) is 0 Å². The summed E-state index contributed by atoms with van der Waals surface area (Å²) in [6.45, 7) is 0. The molecule has 0 spiro atoms. The molecule has 1 N–H and O–H groups in total. The van der Waals surface area contributed by atoms with Crippen LogP contribution in [0, 0.1) is 0 Å². The van der Waals surface area contributed by atoms with Gasteiger partial charge in [0, 0.05) is 22.0 Å². The van der Waals surface area contributed by atoms with Crippen LogP contribution in [0.2, 0.25) is 10.0 Å². The normalized spacial score (nSPS) is 11.9. The lowest BCUT2D eigenvalue weighted by Crippen LogP contribution is -2.12. The Hall–Kier alpha value is -1.71. The Bertz CT molecular complexity index is 599. The van der Waals surface area contributed by atoms with Crippen LogP contribution in [-0.2, 0) is 11.2 Å². The molecule has 0 saturated carbocycles. The number of benzene rings is 2. The fourth-order valence-electron chi connectivity index (χ4n) is 1.93. The molecule has 0 aliphatic rings. The minimum atomic E-state index is -1.34. The van der Waals surface area contributed by atoms with E-state index in [1.54, 1.807) is 18.2 Å². The lowest BCUT2D eigenvalue weighted by atomic mass is 10.0. The zero-order valence-corrected chi connectivity index (χ0v) is 11.9. The third kappa shape index (κ3) is 3.89. The summed E-state index contributed by atoms with van der Waals surface area (Å²) in [5.74, 6) is 0. The molecule has 5 heteroatoms. The highest BCUT2D eigenvalue weighted by molar-refractivity contribution is 6.35. The van der Waals surface area contributed by atoms with E-state index < -0.39 is 12.3 Å². The van der Waals surface area contributed by atoms with Crippen molar-refractivity contribution in [2.45, 2.75) is 12.5 Å². The zero-order valence-electron chi connectivity index (χ0n) is 10.4. The summed E-state index contributed by atoms with van der Waals surface area (Å²) < 4.78 is 4.95. The first-order chi connectivity index (χ1) is 9.56. The highest BCUT2D eigenvalue weighted by atomic mass is 35.5. The van der Waals surface area contributed by atoms with Gasteiger partial charge >= 0.3 is 6.16 Å². The maximum atomic E-state index is 10.9. The number of hydrogen-bond acceptors (Lipinski definition) is 2. The van der Waals surface area contributed by atoms with Gasteiger partial charge in [0.25, 0.3) is 0 Å². The lowest BCUT2D eigenvalue weighted by molar-refractivity contribution is 0.0514. The predicted octanol–water partition coefficient (Wildman–Crippen LogP) is 4.97. The van der Waals surface area contributed by atoms with Crippen molar-refractivity contribution in [1.29, 1.82) is 0 Å². The molecule has 0 heterocycles. The summed E-state index contributed by atoms with van der Waals surface area (Å²) in [4.78, 5) is 10.9. The largest absolute Gasteiger partial charge is 0.506 e. The molecule has 20 heavy (non-hydrogen) atoms. The minimum Gasteiger partial charge on any atom is -0.450 e. The van der Waals surface area contributed by atoms with Gasteiger partial charge in [-0.2, -0.15) is 0 Å². The molecule has 104 valence electrons. The Balaban J connectivity index is 2.29. The fraction of sp³-hybridized carbons (Fsp3) is 0.133. The Labute approximate surface area is 126 Å². The van der Waals surface area contributed by atoms with Crippen molar-refractivity contribution in [3.8, 4) is 0 Å². The van der Waals surface area contributed by atoms with Crippen LogP contribution in [0.25, 0.3) is 0 Å². The van der Waals surface area contributed by atoms with Crippen LogP contribution in [0.15, 0.2) is 48.5 Å². The topological polar surface area (TPSA) is 46.5 Å². The van der Waals surface area contributed by atoms with Gasteiger partial charge in [0.1, 0.15) is 6.10 Å². The fourth-order valence-corrected chi connectivity index (χ4v) is 2.46. The van der Waals surface area contributed by atoms with E-state index in [0.717, 1.165) is 5.56 Å². The molecule has 2 rings (SSSR count). The summed E-state index contributed by atoms with van der Waals surface area (Å²) in [6.07, 6.45) is -1.59. The Morgan fingerprint density at radius 1 is 1.15 bits per heavy atom. The molecular weight excluding hydrogens is 299 g/mol. The van der Waals surface area contributed by atoms with Crippen LogP contribution in [0.5, 0.6) is 0 Å². The van der Waals surface area contributed by atoms with E-state index in [1.807, 2.05) is 30.3 Å². The van der Waals surface area contributed by atoms with Crippen molar-refractivity contribution < 1.29 is 14.6 Å². The molecule has 2 aromatic carbocycles. The minimum absolute atomic E-state index is 0.389. The Morgan fingerprint density at radius 2 is 1.85 bits per heavy atom. The van der Waals surface area contributed by atoms with Crippen LogP contribution in [-0.4, -0.2) is 11.3 Å². The highest BCUT2D eigenvalue weighted by Gasteiger charge is 2.20. The maximum absolute atomic E-state index is 10.9. The first-order valence-corrected chi connectivity index (χ1v) is 6.70. The van der Waals surface area contributed by atoms with Gasteiger partial charge in [-0.3, -0.25) is 0 Å². The van der Waals surface area contributed by atoms with Crippen molar-refractivity contribution in [3.63, 3.8) is 0 Å². The summed E-state index contributed by atoms with van der Waals surface area (Å²) in [5.41, 5.74) is 1.56. The molecule has 2 aromatic rings. The summed E-state index contributed by atoms with van der Waals surface area (Å²) in [7, 11) is 0. The third-order valence-electron chi connectivity index (χ3n) is 2.82. The van der Waals surface area contributed by atoms with E-state index in [4.69, 9.17) is 33.0 Å². The van der Waals surface area contributed by atoms with Crippen molar-refractivity contribution in [1.82, 2.24) is 0 Å². The van der Waals surface area contributed by atoms with Gasteiger partial charge in [0.2, 0.25) is 0 Å². The molecule has 1 atom stereocenters. The molecule has 0 aliphatic heterocycles. The Morgan fingerprint density at radius 3 is 2.45 bits per heavy atom. The number of carboxylic acid groups (broad SMARTS) is 1. The molecule has 0 bridgehead atoms. The average molecular weight is 311 g/mol. The number of halogens is 2. The standard InChI is InChI=1S/C15H12Cl2O3/c16-11-6-7-12(13(17)9-11)14(20-15(18)19)8-10-4-2-1-3-5-10/h1-7,9,14H,8H2,(H,18,19). The van der Waals surface area contributed by atoms with Crippen LogP contribution in [0.3, 0.4) is 0 Å². The number of carbonyl (C=O) groups is 1. The number of ether oxygens (including phenoxy) is 1. The summed E-state index contributed by atoms with van der Waals surface area (Å²) in [5, 5.41) is 9.76. The molecule has 0 fully saturated rings. The predicted molar refractivity (Wildman–Crippen MR) is 78.5 cm³/mol. The summed E-state index contributed by atoms with van der Waals surface area (Å²) in [6, 6.07) is 14.4. The second kappa shape index (κ2) is 6.64. The van der Waals surface area contributed by atoms with Crippen molar-refractivity contribution in [3.05, 3.63) is 69.7 Å². The second-order valence-electron chi connectivity index (χ2n) is 4.23. The first-order valence-electron chi connectivity index (χ1n) is 5.94. The molecule has 3 nitrogen and oxygen atoms in total. The van der Waals surface area contributed by atoms with Gasteiger partial charge in [-0.1, -0.05) is 59.6 Å². The number of hydrogen-bond donors (Lipinski definition) is 1. The third-order valence-corrected chi connectivity index (χ3v) is 3.38. The van der Waals surface area contributed by atoms with Crippen molar-refractivity contribution in [2.75, 3.05) is 0 Å². The zero-order chi connectivity index (χ0) is 14.5. The molecule has 0 saturated heterocycles. The lowest BCUT2D eigenvalue weighted by Gasteiger charge is -2.18. The monoisotopic (exact) mass is 310 g/mol. The van der Waals surface area contributed by atoms with E-state index in [2.05, 4.69) is 0 Å². The van der Waals surface area contributed by atoms with Crippen LogP contribution in [0.1, 0.15) is 17.2 Å². The molecule has 0 radical (unpaired) electrons. The van der Waals surface area contributed by atoms with Crippen LogP contribution >= 0.6 is 23.2 Å². The summed E-state index contributed by atoms with van der Waals surface area (Å²) >= 11 is 12.0. The first kappa shape index (κ1) is 14.7. The smallest absolute Gasteiger partial charge is 0.450 e. The van der Waals surface area contributed by atoms with Crippen molar-refractivity contribution in [2.24, 2.45) is 0 Å². The van der Waals surface area contributed by atoms with Gasteiger partial charge in [0.15, 0.2) is 0 Å². The Kier molecular flexibility index (Phi) is 4.88. The molecular formula is C15H12Cl2O3.